The van der Waals surface area contributed by atoms with E-state index >= 15 is 0 Å². The summed E-state index contributed by atoms with van der Waals surface area (Å²) in [7, 11) is 0. The van der Waals surface area contributed by atoms with Gasteiger partial charge in [-0.3, -0.25) is 0 Å². The molecule has 0 aromatic carbocycles. The first-order valence-electron chi connectivity index (χ1n) is 4.81. The van der Waals surface area contributed by atoms with E-state index in [-0.39, 0.29) is 5.92 Å². The fourth-order valence-corrected chi connectivity index (χ4v) is 3.91. The summed E-state index contributed by atoms with van der Waals surface area (Å²) in [5.41, 5.74) is -0.641. The summed E-state index contributed by atoms with van der Waals surface area (Å²) >= 11 is 5.13. The van der Waals surface area contributed by atoms with Gasteiger partial charge in [0.2, 0.25) is 0 Å². The zero-order valence-corrected chi connectivity index (χ0v) is 10.5. The number of hydrogen-bond acceptors (Lipinski definition) is 3. The maximum absolute atomic E-state index is 10.6. The Morgan fingerprint density at radius 2 is 2.50 bits per heavy atom. The predicted molar refractivity (Wildman–Crippen MR) is 62.6 cm³/mol. The monoisotopic (exact) mass is 275 g/mol. The summed E-state index contributed by atoms with van der Waals surface area (Å²) in [4.78, 5) is 1.08. The highest BCUT2D eigenvalue weighted by Gasteiger charge is 2.39. The minimum Gasteiger partial charge on any atom is -0.384 e. The topological polar surface area (TPSA) is 32.3 Å². The van der Waals surface area contributed by atoms with Crippen LogP contribution in [-0.2, 0) is 5.60 Å². The van der Waals surface area contributed by atoms with Crippen molar-refractivity contribution in [3.8, 4) is 0 Å². The van der Waals surface area contributed by atoms with E-state index < -0.39 is 5.60 Å². The van der Waals surface area contributed by atoms with Gasteiger partial charge in [0, 0.05) is 16.9 Å². The van der Waals surface area contributed by atoms with Gasteiger partial charge in [-0.25, -0.2) is 0 Å². The van der Waals surface area contributed by atoms with E-state index in [1.54, 1.807) is 11.3 Å². The van der Waals surface area contributed by atoms with Crippen molar-refractivity contribution >= 4 is 27.3 Å². The molecule has 1 aliphatic rings. The SMILES string of the molecule is CC1CNCCC1(O)c1sccc1Br. The van der Waals surface area contributed by atoms with Crippen molar-refractivity contribution in [2.24, 2.45) is 5.92 Å². The van der Waals surface area contributed by atoms with Crippen molar-refractivity contribution in [3.63, 3.8) is 0 Å². The van der Waals surface area contributed by atoms with E-state index in [1.807, 2.05) is 11.4 Å². The minimum atomic E-state index is -0.641. The summed E-state index contributed by atoms with van der Waals surface area (Å²) in [6.07, 6.45) is 0.799. The molecular weight excluding hydrogens is 262 g/mol. The molecular formula is C10H14BrNOS. The molecule has 0 aliphatic carbocycles. The fraction of sp³-hybridized carbons (Fsp3) is 0.600. The summed E-state index contributed by atoms with van der Waals surface area (Å²) in [6, 6.07) is 2.01. The summed E-state index contributed by atoms with van der Waals surface area (Å²) in [5.74, 6) is 0.270. The van der Waals surface area contributed by atoms with Crippen LogP contribution in [0.2, 0.25) is 0 Å². The van der Waals surface area contributed by atoms with Crippen LogP contribution >= 0.6 is 27.3 Å². The van der Waals surface area contributed by atoms with Gasteiger partial charge in [0.25, 0.3) is 0 Å². The van der Waals surface area contributed by atoms with Crippen LogP contribution in [0.25, 0.3) is 0 Å². The fourth-order valence-electron chi connectivity index (χ4n) is 1.95. The molecule has 2 unspecified atom stereocenters. The summed E-state index contributed by atoms with van der Waals surface area (Å²) in [6.45, 7) is 3.88. The first-order chi connectivity index (χ1) is 6.64. The predicted octanol–water partition coefficient (Wildman–Crippen LogP) is 2.33. The van der Waals surface area contributed by atoms with E-state index in [1.165, 1.54) is 0 Å². The van der Waals surface area contributed by atoms with Crippen molar-refractivity contribution in [2.45, 2.75) is 18.9 Å². The van der Waals surface area contributed by atoms with Crippen LogP contribution in [0.1, 0.15) is 18.2 Å². The molecule has 0 spiro atoms. The number of nitrogens with one attached hydrogen (secondary N) is 1. The lowest BCUT2D eigenvalue weighted by molar-refractivity contribution is -0.0365. The molecule has 1 aromatic heterocycles. The van der Waals surface area contributed by atoms with Gasteiger partial charge in [-0.1, -0.05) is 6.92 Å². The van der Waals surface area contributed by atoms with Gasteiger partial charge in [0.05, 0.1) is 4.88 Å². The second kappa shape index (κ2) is 3.93. The zero-order valence-electron chi connectivity index (χ0n) is 8.09. The van der Waals surface area contributed by atoms with Crippen molar-refractivity contribution in [1.82, 2.24) is 5.32 Å². The first-order valence-corrected chi connectivity index (χ1v) is 6.48. The smallest absolute Gasteiger partial charge is 0.105 e. The Morgan fingerprint density at radius 3 is 3.07 bits per heavy atom. The molecule has 78 valence electrons. The first kappa shape index (κ1) is 10.6. The van der Waals surface area contributed by atoms with Crippen LogP contribution in [0, 0.1) is 5.92 Å². The molecule has 1 fully saturated rings. The van der Waals surface area contributed by atoms with E-state index in [0.717, 1.165) is 28.9 Å². The molecule has 2 heterocycles. The zero-order chi connectivity index (χ0) is 10.2. The molecule has 0 bridgehead atoms. The number of hydrogen-bond donors (Lipinski definition) is 2. The van der Waals surface area contributed by atoms with Crippen molar-refractivity contribution < 1.29 is 5.11 Å². The highest BCUT2D eigenvalue weighted by Crippen LogP contribution is 2.41. The molecule has 1 saturated heterocycles. The minimum absolute atomic E-state index is 0.270. The summed E-state index contributed by atoms with van der Waals surface area (Å²) in [5, 5.41) is 15.9. The molecule has 2 atom stereocenters. The Balaban J connectivity index is 2.34. The Bertz CT molecular complexity index is 328. The molecule has 1 aliphatic heterocycles. The van der Waals surface area contributed by atoms with Crippen molar-refractivity contribution in [3.05, 3.63) is 20.8 Å². The molecule has 2 N–H and O–H groups in total. The largest absolute Gasteiger partial charge is 0.384 e. The third-order valence-electron chi connectivity index (χ3n) is 2.96. The standard InChI is InChI=1S/C10H14BrNOS/c1-7-6-12-4-3-10(7,13)9-8(11)2-5-14-9/h2,5,7,12-13H,3-4,6H2,1H3. The molecule has 0 saturated carbocycles. The Kier molecular flexibility index (Phi) is 2.98. The van der Waals surface area contributed by atoms with Gasteiger partial charge in [-0.15, -0.1) is 11.3 Å². The van der Waals surface area contributed by atoms with E-state index in [9.17, 15) is 5.11 Å². The van der Waals surface area contributed by atoms with Gasteiger partial charge in [0.15, 0.2) is 0 Å². The van der Waals surface area contributed by atoms with Crippen LogP contribution in [-0.4, -0.2) is 18.2 Å². The Labute approximate surface area is 96.5 Å². The van der Waals surface area contributed by atoms with Crippen LogP contribution in [0.4, 0.5) is 0 Å². The number of piperidine rings is 1. The summed E-state index contributed by atoms with van der Waals surface area (Å²) < 4.78 is 1.04. The van der Waals surface area contributed by atoms with Crippen LogP contribution in [0.15, 0.2) is 15.9 Å². The van der Waals surface area contributed by atoms with Gasteiger partial charge in [-0.2, -0.15) is 0 Å². The van der Waals surface area contributed by atoms with Gasteiger partial charge in [-0.05, 0) is 40.3 Å². The second-order valence-corrected chi connectivity index (χ2v) is 5.65. The molecule has 2 nitrogen and oxygen atoms in total. The third kappa shape index (κ3) is 1.65. The molecule has 2 rings (SSSR count). The van der Waals surface area contributed by atoms with Crippen LogP contribution < -0.4 is 5.32 Å². The average Bonchev–Trinajstić information content (AvgIpc) is 2.57. The van der Waals surface area contributed by atoms with Crippen molar-refractivity contribution in [2.75, 3.05) is 13.1 Å². The highest BCUT2D eigenvalue weighted by molar-refractivity contribution is 9.10. The Morgan fingerprint density at radius 1 is 1.71 bits per heavy atom. The van der Waals surface area contributed by atoms with Crippen LogP contribution in [0.3, 0.4) is 0 Å². The van der Waals surface area contributed by atoms with E-state index in [4.69, 9.17) is 0 Å². The van der Waals surface area contributed by atoms with Gasteiger partial charge >= 0.3 is 0 Å². The molecule has 0 radical (unpaired) electrons. The second-order valence-electron chi connectivity index (χ2n) is 3.88. The lowest BCUT2D eigenvalue weighted by Crippen LogP contribution is -2.46. The van der Waals surface area contributed by atoms with E-state index in [0.29, 0.717) is 0 Å². The number of thiophene rings is 1. The molecule has 14 heavy (non-hydrogen) atoms. The third-order valence-corrected chi connectivity index (χ3v) is 4.96. The normalized spacial score (nSPS) is 33.2. The van der Waals surface area contributed by atoms with Gasteiger partial charge < -0.3 is 10.4 Å². The number of rotatable bonds is 1. The van der Waals surface area contributed by atoms with Gasteiger partial charge in [0.1, 0.15) is 5.60 Å². The quantitative estimate of drug-likeness (QED) is 0.825. The Hall–Kier alpha value is 0.100. The maximum atomic E-state index is 10.6. The molecule has 4 heteroatoms. The molecule has 1 aromatic rings. The molecule has 0 amide bonds. The number of aliphatic hydroxyl groups is 1. The maximum Gasteiger partial charge on any atom is 0.105 e. The number of halogens is 1. The lowest BCUT2D eigenvalue weighted by atomic mass is 9.82. The van der Waals surface area contributed by atoms with E-state index in [2.05, 4.69) is 28.2 Å². The lowest BCUT2D eigenvalue weighted by Gasteiger charge is -2.38. The van der Waals surface area contributed by atoms with Crippen molar-refractivity contribution in [1.29, 1.82) is 0 Å². The highest BCUT2D eigenvalue weighted by atomic mass is 79.9. The van der Waals surface area contributed by atoms with Crippen LogP contribution in [0.5, 0.6) is 0 Å². The average molecular weight is 276 g/mol.